The summed E-state index contributed by atoms with van der Waals surface area (Å²) >= 11 is 6.06. The Morgan fingerprint density at radius 2 is 2.11 bits per heavy atom. The Bertz CT molecular complexity index is 1080. The van der Waals surface area contributed by atoms with Crippen LogP contribution in [0.4, 0.5) is 18.9 Å². The number of aromatic amines is 1. The van der Waals surface area contributed by atoms with Crippen LogP contribution < -0.4 is 10.5 Å². The zero-order valence-corrected chi connectivity index (χ0v) is 15.1. The fraction of sp³-hybridized carbons (Fsp3) is 0.294. The molecule has 4 rings (SSSR count). The molecule has 1 aliphatic rings. The van der Waals surface area contributed by atoms with Gasteiger partial charge in [-0.2, -0.15) is 18.3 Å². The highest BCUT2D eigenvalue weighted by molar-refractivity contribution is 6.32. The molecule has 4 heterocycles. The largest absolute Gasteiger partial charge is 0.416 e. The monoisotopic (exact) mass is 410 g/mol. The quantitative estimate of drug-likeness (QED) is 0.718. The summed E-state index contributed by atoms with van der Waals surface area (Å²) in [6.07, 6.45) is 1.45. The van der Waals surface area contributed by atoms with Crippen LogP contribution in [0, 0.1) is 0 Å². The van der Waals surface area contributed by atoms with Gasteiger partial charge in [0.2, 0.25) is 0 Å². The molecule has 0 bridgehead atoms. The van der Waals surface area contributed by atoms with Gasteiger partial charge in [-0.1, -0.05) is 11.6 Å². The van der Waals surface area contributed by atoms with E-state index in [4.69, 9.17) is 11.6 Å². The molecule has 3 aromatic heterocycles. The number of halogens is 4. The van der Waals surface area contributed by atoms with Crippen molar-refractivity contribution in [2.24, 2.45) is 0 Å². The molecular weight excluding hydrogens is 397 g/mol. The predicted octanol–water partition coefficient (Wildman–Crippen LogP) is 2.64. The Morgan fingerprint density at radius 1 is 1.29 bits per heavy atom. The highest BCUT2D eigenvalue weighted by atomic mass is 35.5. The summed E-state index contributed by atoms with van der Waals surface area (Å²) in [4.78, 5) is 21.7. The molecule has 0 fully saturated rings. The normalized spacial score (nSPS) is 14.2. The number of aromatic nitrogens is 5. The molecule has 1 aliphatic heterocycles. The molecule has 0 aliphatic carbocycles. The highest BCUT2D eigenvalue weighted by Crippen LogP contribution is 2.32. The second-order valence-electron chi connectivity index (χ2n) is 6.37. The molecule has 0 unspecified atom stereocenters. The Balaban J connectivity index is 1.61. The van der Waals surface area contributed by atoms with E-state index in [2.05, 4.69) is 20.2 Å². The summed E-state index contributed by atoms with van der Waals surface area (Å²) in [6, 6.07) is 0.975. The number of rotatable bonds is 3. The molecule has 0 radical (unpaired) electrons. The molecule has 0 saturated heterocycles. The van der Waals surface area contributed by atoms with Gasteiger partial charge in [-0.25, -0.2) is 10.1 Å². The van der Waals surface area contributed by atoms with Crippen molar-refractivity contribution in [1.82, 2.24) is 24.7 Å². The Morgan fingerprint density at radius 3 is 2.89 bits per heavy atom. The lowest BCUT2D eigenvalue weighted by molar-refractivity contribution is -0.138. The number of imidazole rings is 1. The first-order valence-electron chi connectivity index (χ1n) is 8.35. The van der Waals surface area contributed by atoms with E-state index in [0.717, 1.165) is 23.7 Å². The van der Waals surface area contributed by atoms with Gasteiger partial charge in [-0.15, -0.1) is 0 Å². The maximum Gasteiger partial charge on any atom is 0.416 e. The summed E-state index contributed by atoms with van der Waals surface area (Å²) in [6.45, 7) is 0.938. The Hall–Kier alpha value is -2.88. The van der Waals surface area contributed by atoms with Gasteiger partial charge in [-0.05, 0) is 6.07 Å². The molecule has 146 valence electrons. The number of nitrogens with one attached hydrogen (secondary N) is 1. The van der Waals surface area contributed by atoms with Gasteiger partial charge in [0.25, 0.3) is 5.56 Å². The van der Waals surface area contributed by atoms with Gasteiger partial charge in [0.1, 0.15) is 5.02 Å². The number of nitrogens with zero attached hydrogens (tertiary/aromatic N) is 5. The van der Waals surface area contributed by atoms with Crippen molar-refractivity contribution >= 4 is 17.3 Å². The van der Waals surface area contributed by atoms with E-state index in [9.17, 15) is 18.0 Å². The predicted molar refractivity (Wildman–Crippen MR) is 95.2 cm³/mol. The molecular formula is C17H14ClF3N6O. The lowest BCUT2D eigenvalue weighted by Crippen LogP contribution is -2.32. The molecule has 3 aromatic rings. The van der Waals surface area contributed by atoms with E-state index in [-0.39, 0.29) is 17.1 Å². The van der Waals surface area contributed by atoms with Crippen LogP contribution in [-0.4, -0.2) is 31.3 Å². The summed E-state index contributed by atoms with van der Waals surface area (Å²) in [5.41, 5.74) is 0.967. The third-order valence-corrected chi connectivity index (χ3v) is 5.02. The second kappa shape index (κ2) is 6.93. The van der Waals surface area contributed by atoms with Crippen LogP contribution in [0.5, 0.6) is 0 Å². The van der Waals surface area contributed by atoms with Crippen molar-refractivity contribution < 1.29 is 13.2 Å². The fourth-order valence-corrected chi connectivity index (χ4v) is 3.53. The number of hydrogen-bond acceptors (Lipinski definition) is 5. The summed E-state index contributed by atoms with van der Waals surface area (Å²) in [5.74, 6) is 0. The maximum atomic E-state index is 13.2. The second-order valence-corrected chi connectivity index (χ2v) is 6.74. The van der Waals surface area contributed by atoms with Crippen molar-refractivity contribution in [3.05, 3.63) is 68.9 Å². The smallest absolute Gasteiger partial charge is 0.362 e. The number of hydrogen-bond donors (Lipinski definition) is 1. The zero-order valence-electron chi connectivity index (χ0n) is 14.4. The fourth-order valence-electron chi connectivity index (χ4n) is 3.32. The lowest BCUT2D eigenvalue weighted by atomic mass is 10.1. The van der Waals surface area contributed by atoms with Crippen LogP contribution in [0.2, 0.25) is 5.02 Å². The topological polar surface area (TPSA) is 79.7 Å². The zero-order chi connectivity index (χ0) is 19.9. The Kier molecular flexibility index (Phi) is 4.58. The molecule has 0 aromatic carbocycles. The first kappa shape index (κ1) is 18.5. The van der Waals surface area contributed by atoms with E-state index in [0.29, 0.717) is 25.2 Å². The third kappa shape index (κ3) is 3.35. The number of fused-ring (bicyclic) bond motifs is 1. The van der Waals surface area contributed by atoms with Crippen LogP contribution in [0.15, 0.2) is 35.8 Å². The molecule has 0 saturated carbocycles. The minimum absolute atomic E-state index is 0.0261. The molecule has 0 atom stereocenters. The van der Waals surface area contributed by atoms with Gasteiger partial charge in [0.15, 0.2) is 0 Å². The molecule has 0 amide bonds. The molecule has 1 N–H and O–H groups in total. The van der Waals surface area contributed by atoms with Crippen molar-refractivity contribution in [1.29, 1.82) is 0 Å². The minimum atomic E-state index is -4.44. The van der Waals surface area contributed by atoms with Crippen molar-refractivity contribution in [2.75, 3.05) is 11.4 Å². The number of pyridine rings is 1. The molecule has 28 heavy (non-hydrogen) atoms. The van der Waals surface area contributed by atoms with Crippen LogP contribution in [0.1, 0.15) is 22.5 Å². The minimum Gasteiger partial charge on any atom is -0.362 e. The summed E-state index contributed by atoms with van der Waals surface area (Å²) < 4.78 is 41.4. The number of H-pyrrole nitrogens is 1. The SMILES string of the molecule is O=c1[nH]ncc(N2CCc3c(ncn3Cc3cnccc3C(F)(F)F)C2)c1Cl. The van der Waals surface area contributed by atoms with Crippen LogP contribution in [-0.2, 0) is 25.7 Å². The summed E-state index contributed by atoms with van der Waals surface area (Å²) in [5, 5.41) is 6.08. The Labute approximate surface area is 161 Å². The van der Waals surface area contributed by atoms with Crippen molar-refractivity contribution in [3.8, 4) is 0 Å². The van der Waals surface area contributed by atoms with Gasteiger partial charge in [-0.3, -0.25) is 9.78 Å². The number of alkyl halides is 3. The summed E-state index contributed by atoms with van der Waals surface area (Å²) in [7, 11) is 0. The van der Waals surface area contributed by atoms with Gasteiger partial charge in [0, 0.05) is 36.6 Å². The third-order valence-electron chi connectivity index (χ3n) is 4.66. The first-order chi connectivity index (χ1) is 13.3. The van der Waals surface area contributed by atoms with Gasteiger partial charge >= 0.3 is 6.18 Å². The molecule has 0 spiro atoms. The standard InChI is InChI=1S/C17H14ClF3N6O/c18-15-14(6-24-25-16(15)28)26-4-2-13-12(8-26)23-9-27(13)7-10-5-22-3-1-11(10)17(19,20)21/h1,3,5-6,9H,2,4,7-8H2,(H,25,28). The molecule has 7 nitrogen and oxygen atoms in total. The van der Waals surface area contributed by atoms with E-state index in [1.165, 1.54) is 18.7 Å². The van der Waals surface area contributed by atoms with E-state index in [1.807, 2.05) is 4.90 Å². The van der Waals surface area contributed by atoms with E-state index < -0.39 is 17.3 Å². The number of anilines is 1. The average molecular weight is 411 g/mol. The van der Waals surface area contributed by atoms with Crippen LogP contribution in [0.25, 0.3) is 0 Å². The van der Waals surface area contributed by atoms with E-state index in [1.54, 1.807) is 4.57 Å². The van der Waals surface area contributed by atoms with Gasteiger partial charge < -0.3 is 9.47 Å². The molecule has 11 heteroatoms. The van der Waals surface area contributed by atoms with Crippen LogP contribution >= 0.6 is 11.6 Å². The van der Waals surface area contributed by atoms with Gasteiger partial charge in [0.05, 0.1) is 42.6 Å². The van der Waals surface area contributed by atoms with E-state index >= 15 is 0 Å². The van der Waals surface area contributed by atoms with Crippen molar-refractivity contribution in [2.45, 2.75) is 25.7 Å². The van der Waals surface area contributed by atoms with Crippen LogP contribution in [0.3, 0.4) is 0 Å². The average Bonchev–Trinajstić information content (AvgIpc) is 3.06. The van der Waals surface area contributed by atoms with Crippen molar-refractivity contribution in [3.63, 3.8) is 0 Å². The lowest BCUT2D eigenvalue weighted by Gasteiger charge is -2.29. The highest BCUT2D eigenvalue weighted by Gasteiger charge is 2.33. The first-order valence-corrected chi connectivity index (χ1v) is 8.73. The maximum absolute atomic E-state index is 13.2.